The van der Waals surface area contributed by atoms with Gasteiger partial charge in [-0.1, -0.05) is 31.7 Å². The molecule has 0 radical (unpaired) electrons. The number of hydrogen-bond acceptors (Lipinski definition) is 2. The molecule has 3 nitrogen and oxygen atoms in total. The molecule has 1 aromatic rings. The van der Waals surface area contributed by atoms with Gasteiger partial charge < -0.3 is 10.0 Å². The van der Waals surface area contributed by atoms with Crippen molar-refractivity contribution in [1.82, 2.24) is 0 Å². The molecule has 0 amide bonds. The summed E-state index contributed by atoms with van der Waals surface area (Å²) in [7, 11) is 0. The van der Waals surface area contributed by atoms with E-state index in [-0.39, 0.29) is 0 Å². The van der Waals surface area contributed by atoms with Crippen LogP contribution in [0.4, 0.5) is 5.69 Å². The molecule has 1 fully saturated rings. The maximum Gasteiger partial charge on any atom is 0.336 e. The molecular weight excluding hydrogens is 262 g/mol. The van der Waals surface area contributed by atoms with Crippen LogP contribution in [0.25, 0.3) is 0 Å². The third kappa shape index (κ3) is 3.22. The molecule has 1 saturated carbocycles. The Morgan fingerprint density at radius 3 is 2.62 bits per heavy atom. The van der Waals surface area contributed by atoms with Crippen LogP contribution in [-0.2, 0) is 6.42 Å². The summed E-state index contributed by atoms with van der Waals surface area (Å²) < 4.78 is 0. The molecular formula is C18H25NO2. The quantitative estimate of drug-likeness (QED) is 0.851. The lowest BCUT2D eigenvalue weighted by Gasteiger charge is -2.34. The summed E-state index contributed by atoms with van der Waals surface area (Å²) in [5, 5.41) is 9.37. The standard InChI is InChI=1S/C18H25NO2/c20-18(21)16-9-5-11-17-15(16)10-6-12-19(17)13-14-7-3-1-2-4-8-14/h5,9,11,14H,1-4,6-8,10,12-13H2,(H,20,21). The molecule has 114 valence electrons. The van der Waals surface area contributed by atoms with Crippen molar-refractivity contribution in [1.29, 1.82) is 0 Å². The summed E-state index contributed by atoms with van der Waals surface area (Å²) >= 11 is 0. The second-order valence-corrected chi connectivity index (χ2v) is 6.52. The highest BCUT2D eigenvalue weighted by Crippen LogP contribution is 2.32. The fraction of sp³-hybridized carbons (Fsp3) is 0.611. The minimum Gasteiger partial charge on any atom is -0.478 e. The molecule has 0 spiro atoms. The van der Waals surface area contributed by atoms with Crippen molar-refractivity contribution in [2.45, 2.75) is 51.4 Å². The molecule has 1 aromatic carbocycles. The first-order valence-corrected chi connectivity index (χ1v) is 8.36. The largest absolute Gasteiger partial charge is 0.478 e. The monoisotopic (exact) mass is 287 g/mol. The molecule has 2 aliphatic rings. The van der Waals surface area contributed by atoms with Gasteiger partial charge in [0.05, 0.1) is 5.56 Å². The first kappa shape index (κ1) is 14.4. The topological polar surface area (TPSA) is 40.5 Å². The van der Waals surface area contributed by atoms with Gasteiger partial charge in [0.2, 0.25) is 0 Å². The molecule has 1 aliphatic heterocycles. The molecule has 0 unspecified atom stereocenters. The molecule has 3 heteroatoms. The van der Waals surface area contributed by atoms with Crippen LogP contribution in [0.5, 0.6) is 0 Å². The molecule has 3 rings (SSSR count). The smallest absolute Gasteiger partial charge is 0.336 e. The maximum atomic E-state index is 11.4. The zero-order valence-electron chi connectivity index (χ0n) is 12.7. The van der Waals surface area contributed by atoms with E-state index in [1.165, 1.54) is 44.2 Å². The summed E-state index contributed by atoms with van der Waals surface area (Å²) in [5.41, 5.74) is 2.72. The predicted octanol–water partition coefficient (Wildman–Crippen LogP) is 4.11. The number of carboxylic acids is 1. The molecule has 1 heterocycles. The Bertz CT molecular complexity index is 504. The molecule has 0 bridgehead atoms. The zero-order chi connectivity index (χ0) is 14.7. The van der Waals surface area contributed by atoms with Crippen molar-refractivity contribution in [2.24, 2.45) is 5.92 Å². The van der Waals surface area contributed by atoms with Crippen molar-refractivity contribution in [2.75, 3.05) is 18.0 Å². The van der Waals surface area contributed by atoms with E-state index in [1.807, 2.05) is 6.07 Å². The van der Waals surface area contributed by atoms with Crippen molar-refractivity contribution < 1.29 is 9.90 Å². The predicted molar refractivity (Wildman–Crippen MR) is 85.1 cm³/mol. The number of nitrogens with zero attached hydrogens (tertiary/aromatic N) is 1. The van der Waals surface area contributed by atoms with Gasteiger partial charge in [-0.2, -0.15) is 0 Å². The summed E-state index contributed by atoms with van der Waals surface area (Å²) in [6, 6.07) is 5.75. The van der Waals surface area contributed by atoms with E-state index in [0.717, 1.165) is 37.4 Å². The SMILES string of the molecule is O=C(O)c1cccc2c1CCCN2CC1CCCCCC1. The normalized spacial score (nSPS) is 19.9. The van der Waals surface area contributed by atoms with Crippen LogP contribution in [0, 0.1) is 5.92 Å². The van der Waals surface area contributed by atoms with E-state index < -0.39 is 5.97 Å². The van der Waals surface area contributed by atoms with Gasteiger partial charge in [-0.25, -0.2) is 4.79 Å². The number of rotatable bonds is 3. The molecule has 0 atom stereocenters. The Hall–Kier alpha value is -1.51. The van der Waals surface area contributed by atoms with Crippen molar-refractivity contribution in [3.8, 4) is 0 Å². The number of carbonyl (C=O) groups is 1. The average Bonchev–Trinajstić information content (AvgIpc) is 2.75. The fourth-order valence-electron chi connectivity index (χ4n) is 3.95. The lowest BCUT2D eigenvalue weighted by atomic mass is 9.93. The van der Waals surface area contributed by atoms with Crippen LogP contribution in [0.15, 0.2) is 18.2 Å². The first-order chi connectivity index (χ1) is 10.3. The van der Waals surface area contributed by atoms with E-state index in [1.54, 1.807) is 6.07 Å². The molecule has 0 saturated heterocycles. The van der Waals surface area contributed by atoms with E-state index in [9.17, 15) is 9.90 Å². The average molecular weight is 287 g/mol. The Balaban J connectivity index is 1.80. The fourth-order valence-corrected chi connectivity index (χ4v) is 3.95. The van der Waals surface area contributed by atoms with E-state index in [0.29, 0.717) is 5.56 Å². The first-order valence-electron chi connectivity index (χ1n) is 8.36. The van der Waals surface area contributed by atoms with E-state index in [2.05, 4.69) is 11.0 Å². The maximum absolute atomic E-state index is 11.4. The van der Waals surface area contributed by atoms with Gasteiger partial charge in [-0.3, -0.25) is 0 Å². The van der Waals surface area contributed by atoms with Gasteiger partial charge in [-0.15, -0.1) is 0 Å². The number of fused-ring (bicyclic) bond motifs is 1. The van der Waals surface area contributed by atoms with Gasteiger partial charge in [0.15, 0.2) is 0 Å². The lowest BCUT2D eigenvalue weighted by Crippen LogP contribution is -2.34. The van der Waals surface area contributed by atoms with Crippen LogP contribution in [0.1, 0.15) is 60.9 Å². The van der Waals surface area contributed by atoms with Gasteiger partial charge >= 0.3 is 5.97 Å². The number of anilines is 1. The Morgan fingerprint density at radius 1 is 1.14 bits per heavy atom. The van der Waals surface area contributed by atoms with E-state index in [4.69, 9.17) is 0 Å². The van der Waals surface area contributed by atoms with Crippen molar-refractivity contribution in [3.05, 3.63) is 29.3 Å². The van der Waals surface area contributed by atoms with Gasteiger partial charge in [0, 0.05) is 18.8 Å². The summed E-state index contributed by atoms with van der Waals surface area (Å²) in [6.07, 6.45) is 10.1. The molecule has 0 aromatic heterocycles. The van der Waals surface area contributed by atoms with Crippen LogP contribution in [-0.4, -0.2) is 24.2 Å². The third-order valence-electron chi connectivity index (χ3n) is 5.03. The van der Waals surface area contributed by atoms with Crippen molar-refractivity contribution >= 4 is 11.7 Å². The zero-order valence-corrected chi connectivity index (χ0v) is 12.7. The van der Waals surface area contributed by atoms with Crippen LogP contribution in [0.3, 0.4) is 0 Å². The highest BCUT2D eigenvalue weighted by molar-refractivity contribution is 5.91. The van der Waals surface area contributed by atoms with E-state index >= 15 is 0 Å². The Kier molecular flexibility index (Phi) is 4.47. The minimum atomic E-state index is -0.789. The lowest BCUT2D eigenvalue weighted by molar-refractivity contribution is 0.0695. The highest BCUT2D eigenvalue weighted by atomic mass is 16.4. The summed E-state index contributed by atoms with van der Waals surface area (Å²) in [4.78, 5) is 13.8. The second-order valence-electron chi connectivity index (χ2n) is 6.52. The third-order valence-corrected chi connectivity index (χ3v) is 5.03. The number of aromatic carboxylic acids is 1. The van der Waals surface area contributed by atoms with Crippen LogP contribution >= 0.6 is 0 Å². The van der Waals surface area contributed by atoms with Crippen molar-refractivity contribution in [3.63, 3.8) is 0 Å². The molecule has 1 N–H and O–H groups in total. The number of hydrogen-bond donors (Lipinski definition) is 1. The Morgan fingerprint density at radius 2 is 1.90 bits per heavy atom. The van der Waals surface area contributed by atoms with Gasteiger partial charge in [0.1, 0.15) is 0 Å². The van der Waals surface area contributed by atoms with Crippen LogP contribution < -0.4 is 4.90 Å². The highest BCUT2D eigenvalue weighted by Gasteiger charge is 2.24. The summed E-state index contributed by atoms with van der Waals surface area (Å²) in [5.74, 6) is -0.00454. The van der Waals surface area contributed by atoms with Gasteiger partial charge in [0.25, 0.3) is 0 Å². The number of carboxylic acid groups (broad SMARTS) is 1. The Labute approximate surface area is 127 Å². The second kappa shape index (κ2) is 6.50. The summed E-state index contributed by atoms with van der Waals surface area (Å²) in [6.45, 7) is 2.18. The van der Waals surface area contributed by atoms with Crippen LogP contribution in [0.2, 0.25) is 0 Å². The number of benzene rings is 1. The molecule has 1 aliphatic carbocycles. The molecule has 21 heavy (non-hydrogen) atoms. The minimum absolute atomic E-state index is 0.498. The van der Waals surface area contributed by atoms with Gasteiger partial charge in [-0.05, 0) is 49.3 Å².